The molecule has 0 aromatic rings. The maximum atomic E-state index is 11.9. The van der Waals surface area contributed by atoms with E-state index in [1.54, 1.807) is 0 Å². The summed E-state index contributed by atoms with van der Waals surface area (Å²) in [5, 5.41) is 0. The molecule has 0 heterocycles. The first-order valence-corrected chi connectivity index (χ1v) is 6.11. The molecule has 2 heteroatoms. The fourth-order valence-corrected chi connectivity index (χ4v) is 1.50. The van der Waals surface area contributed by atoms with Crippen LogP contribution in [-0.4, -0.2) is 11.6 Å². The molecule has 2 nitrogen and oxygen atoms in total. The van der Waals surface area contributed by atoms with Crippen LogP contribution < -0.4 is 0 Å². The van der Waals surface area contributed by atoms with E-state index in [-0.39, 0.29) is 23.9 Å². The largest absolute Gasteiger partial charge is 0.300 e. The van der Waals surface area contributed by atoms with Crippen molar-refractivity contribution in [1.29, 1.82) is 0 Å². The standard InChI is InChI=1S/C15H24O2/c1-11(2)6-8-14(9-7-12(3)4)15(17)10-13(5)16/h6-7,14H,8-10H2,1-5H3. The van der Waals surface area contributed by atoms with Crippen molar-refractivity contribution < 1.29 is 9.59 Å². The summed E-state index contributed by atoms with van der Waals surface area (Å²) in [5.41, 5.74) is 2.42. The molecule has 0 atom stereocenters. The molecule has 0 rings (SSSR count). The van der Waals surface area contributed by atoms with Crippen LogP contribution >= 0.6 is 0 Å². The molecule has 0 aliphatic rings. The molecule has 0 aromatic heterocycles. The van der Waals surface area contributed by atoms with Gasteiger partial charge >= 0.3 is 0 Å². The Morgan fingerprint density at radius 2 is 1.29 bits per heavy atom. The van der Waals surface area contributed by atoms with Crippen LogP contribution in [0.25, 0.3) is 0 Å². The van der Waals surface area contributed by atoms with Gasteiger partial charge in [-0.05, 0) is 47.5 Å². The Balaban J connectivity index is 4.60. The van der Waals surface area contributed by atoms with Crippen molar-refractivity contribution in [3.05, 3.63) is 23.3 Å². The highest BCUT2D eigenvalue weighted by molar-refractivity contribution is 5.99. The van der Waals surface area contributed by atoms with Crippen molar-refractivity contribution in [3.63, 3.8) is 0 Å². The third-order valence-electron chi connectivity index (χ3n) is 2.50. The number of rotatable bonds is 7. The van der Waals surface area contributed by atoms with Crippen LogP contribution in [0, 0.1) is 5.92 Å². The number of allylic oxidation sites excluding steroid dienone is 4. The van der Waals surface area contributed by atoms with Gasteiger partial charge in [0.1, 0.15) is 11.6 Å². The Kier molecular flexibility index (Phi) is 7.44. The Labute approximate surface area is 105 Å². The van der Waals surface area contributed by atoms with Crippen molar-refractivity contribution in [1.82, 2.24) is 0 Å². The Morgan fingerprint density at radius 3 is 1.59 bits per heavy atom. The van der Waals surface area contributed by atoms with Crippen LogP contribution in [0.1, 0.15) is 53.9 Å². The van der Waals surface area contributed by atoms with Gasteiger partial charge in [0.2, 0.25) is 0 Å². The molecular formula is C15H24O2. The third-order valence-corrected chi connectivity index (χ3v) is 2.50. The van der Waals surface area contributed by atoms with E-state index >= 15 is 0 Å². The average molecular weight is 236 g/mol. The summed E-state index contributed by atoms with van der Waals surface area (Å²) in [4.78, 5) is 22.9. The molecule has 0 amide bonds. The Bertz CT molecular complexity index is 307. The zero-order chi connectivity index (χ0) is 13.4. The molecule has 0 bridgehead atoms. The lowest BCUT2D eigenvalue weighted by Crippen LogP contribution is -2.16. The Hall–Kier alpha value is -1.18. The summed E-state index contributed by atoms with van der Waals surface area (Å²) in [7, 11) is 0. The van der Waals surface area contributed by atoms with Crippen molar-refractivity contribution in [2.24, 2.45) is 5.92 Å². The first-order valence-electron chi connectivity index (χ1n) is 6.11. The molecule has 0 N–H and O–H groups in total. The number of ketones is 2. The van der Waals surface area contributed by atoms with Crippen LogP contribution in [-0.2, 0) is 9.59 Å². The second-order valence-corrected chi connectivity index (χ2v) is 5.08. The summed E-state index contributed by atoms with van der Waals surface area (Å²) in [5.74, 6) is -0.0365. The van der Waals surface area contributed by atoms with Gasteiger partial charge in [-0.3, -0.25) is 9.59 Å². The first kappa shape index (κ1) is 15.8. The maximum absolute atomic E-state index is 11.9. The summed E-state index contributed by atoms with van der Waals surface area (Å²) in [6, 6.07) is 0. The molecular weight excluding hydrogens is 212 g/mol. The first-order chi connectivity index (χ1) is 7.82. The molecule has 96 valence electrons. The van der Waals surface area contributed by atoms with E-state index in [9.17, 15) is 9.59 Å². The highest BCUT2D eigenvalue weighted by Gasteiger charge is 2.17. The van der Waals surface area contributed by atoms with E-state index in [1.807, 2.05) is 27.7 Å². The van der Waals surface area contributed by atoms with E-state index in [0.29, 0.717) is 0 Å². The van der Waals surface area contributed by atoms with Gasteiger partial charge in [-0.25, -0.2) is 0 Å². The van der Waals surface area contributed by atoms with Gasteiger partial charge in [-0.15, -0.1) is 0 Å². The van der Waals surface area contributed by atoms with E-state index in [1.165, 1.54) is 18.1 Å². The van der Waals surface area contributed by atoms with Crippen LogP contribution in [0.5, 0.6) is 0 Å². The minimum absolute atomic E-state index is 0.0469. The molecule has 0 saturated heterocycles. The zero-order valence-electron chi connectivity index (χ0n) is 11.7. The predicted octanol–water partition coefficient (Wildman–Crippen LogP) is 3.86. The number of Topliss-reactive ketones (excluding diaryl/α,β-unsaturated/α-hetero) is 2. The van der Waals surface area contributed by atoms with Crippen LogP contribution in [0.4, 0.5) is 0 Å². The average Bonchev–Trinajstić information content (AvgIpc) is 2.15. The molecule has 0 aromatic carbocycles. The lowest BCUT2D eigenvalue weighted by molar-refractivity contribution is -0.128. The van der Waals surface area contributed by atoms with Gasteiger partial charge in [0.15, 0.2) is 0 Å². The number of carbonyl (C=O) groups excluding carboxylic acids is 2. The van der Waals surface area contributed by atoms with Crippen molar-refractivity contribution in [2.45, 2.75) is 53.9 Å². The molecule has 0 aliphatic carbocycles. The SMILES string of the molecule is CC(=O)CC(=O)C(CC=C(C)C)CC=C(C)C. The van der Waals surface area contributed by atoms with Gasteiger partial charge in [-0.2, -0.15) is 0 Å². The van der Waals surface area contributed by atoms with Gasteiger partial charge in [0.05, 0.1) is 6.42 Å². The monoisotopic (exact) mass is 236 g/mol. The van der Waals surface area contributed by atoms with Crippen LogP contribution in [0.15, 0.2) is 23.3 Å². The number of hydrogen-bond donors (Lipinski definition) is 0. The minimum atomic E-state index is -0.0521. The summed E-state index contributed by atoms with van der Waals surface area (Å²) in [6.45, 7) is 9.55. The zero-order valence-corrected chi connectivity index (χ0v) is 11.7. The van der Waals surface area contributed by atoms with Crippen LogP contribution in [0.3, 0.4) is 0 Å². The lowest BCUT2D eigenvalue weighted by atomic mass is 9.92. The van der Waals surface area contributed by atoms with E-state index < -0.39 is 0 Å². The summed E-state index contributed by atoms with van der Waals surface area (Å²) < 4.78 is 0. The summed E-state index contributed by atoms with van der Waals surface area (Å²) in [6.07, 6.45) is 5.68. The second kappa shape index (κ2) is 7.99. The Morgan fingerprint density at radius 1 is 0.882 bits per heavy atom. The minimum Gasteiger partial charge on any atom is -0.300 e. The molecule has 0 radical (unpaired) electrons. The molecule has 0 fully saturated rings. The maximum Gasteiger partial charge on any atom is 0.143 e. The second-order valence-electron chi connectivity index (χ2n) is 5.08. The molecule has 0 unspecified atom stereocenters. The number of hydrogen-bond acceptors (Lipinski definition) is 2. The van der Waals surface area contributed by atoms with Crippen molar-refractivity contribution in [2.75, 3.05) is 0 Å². The van der Waals surface area contributed by atoms with Gasteiger partial charge in [0, 0.05) is 5.92 Å². The van der Waals surface area contributed by atoms with Crippen molar-refractivity contribution in [3.8, 4) is 0 Å². The highest BCUT2D eigenvalue weighted by Crippen LogP contribution is 2.16. The highest BCUT2D eigenvalue weighted by atomic mass is 16.1. The quantitative estimate of drug-likeness (QED) is 0.497. The topological polar surface area (TPSA) is 34.1 Å². The normalized spacial score (nSPS) is 10.0. The van der Waals surface area contributed by atoms with Crippen molar-refractivity contribution >= 4 is 11.6 Å². The summed E-state index contributed by atoms with van der Waals surface area (Å²) >= 11 is 0. The molecule has 0 aliphatic heterocycles. The van der Waals surface area contributed by atoms with E-state index in [4.69, 9.17) is 0 Å². The third kappa shape index (κ3) is 8.61. The van der Waals surface area contributed by atoms with Gasteiger partial charge < -0.3 is 0 Å². The van der Waals surface area contributed by atoms with E-state index in [0.717, 1.165) is 12.8 Å². The lowest BCUT2D eigenvalue weighted by Gasteiger charge is -2.11. The van der Waals surface area contributed by atoms with Crippen LogP contribution in [0.2, 0.25) is 0 Å². The smallest absolute Gasteiger partial charge is 0.143 e. The molecule has 0 saturated carbocycles. The van der Waals surface area contributed by atoms with E-state index in [2.05, 4.69) is 12.2 Å². The molecule has 17 heavy (non-hydrogen) atoms. The van der Waals surface area contributed by atoms with Gasteiger partial charge in [-0.1, -0.05) is 23.3 Å². The number of carbonyl (C=O) groups is 2. The predicted molar refractivity (Wildman–Crippen MR) is 71.9 cm³/mol. The fourth-order valence-electron chi connectivity index (χ4n) is 1.50. The molecule has 0 spiro atoms. The fraction of sp³-hybridized carbons (Fsp3) is 0.600. The van der Waals surface area contributed by atoms with Gasteiger partial charge in [0.25, 0.3) is 0 Å².